The minimum absolute atomic E-state index is 0.0969. The van der Waals surface area contributed by atoms with Gasteiger partial charge in [-0.1, -0.05) is 23.7 Å². The Hall–Kier alpha value is -2.60. The molecule has 0 bridgehead atoms. The van der Waals surface area contributed by atoms with Crippen LogP contribution in [0, 0.1) is 0 Å². The largest absolute Gasteiger partial charge is 0.353 e. The Kier molecular flexibility index (Phi) is 5.73. The first-order valence-electron chi connectivity index (χ1n) is 8.52. The monoisotopic (exact) mass is 372 g/mol. The minimum Gasteiger partial charge on any atom is -0.353 e. The highest BCUT2D eigenvalue weighted by molar-refractivity contribution is 6.30. The fourth-order valence-electron chi connectivity index (χ4n) is 2.99. The summed E-state index contributed by atoms with van der Waals surface area (Å²) in [6.07, 6.45) is 1.75. The molecule has 1 N–H and O–H groups in total. The van der Waals surface area contributed by atoms with Crippen LogP contribution in [0.3, 0.4) is 0 Å². The number of benzene rings is 1. The Morgan fingerprint density at radius 1 is 1.15 bits per heavy atom. The second-order valence-corrected chi connectivity index (χ2v) is 6.61. The van der Waals surface area contributed by atoms with Gasteiger partial charge in [0, 0.05) is 62.0 Å². The summed E-state index contributed by atoms with van der Waals surface area (Å²) in [5, 5.41) is 3.45. The molecular formula is C19H21ClN4O2. The molecule has 2 amide bonds. The molecule has 0 aliphatic carbocycles. The number of halogens is 1. The van der Waals surface area contributed by atoms with E-state index in [4.69, 9.17) is 11.6 Å². The molecule has 1 saturated heterocycles. The van der Waals surface area contributed by atoms with Crippen LogP contribution in [0.15, 0.2) is 42.6 Å². The fourth-order valence-corrected chi connectivity index (χ4v) is 3.18. The van der Waals surface area contributed by atoms with Gasteiger partial charge in [0.15, 0.2) is 0 Å². The SMILES string of the molecule is CC(=O)N1CCN(c2ncccc2CNC(=O)c2cccc(Cl)c2)CC1. The number of aromatic nitrogens is 1. The van der Waals surface area contributed by atoms with Crippen molar-refractivity contribution in [2.45, 2.75) is 13.5 Å². The first-order chi connectivity index (χ1) is 12.5. The van der Waals surface area contributed by atoms with Gasteiger partial charge in [-0.2, -0.15) is 0 Å². The molecule has 0 unspecified atom stereocenters. The third-order valence-corrected chi connectivity index (χ3v) is 4.65. The van der Waals surface area contributed by atoms with Crippen LogP contribution in [0.25, 0.3) is 0 Å². The summed E-state index contributed by atoms with van der Waals surface area (Å²) in [6, 6.07) is 10.7. The van der Waals surface area contributed by atoms with Crippen molar-refractivity contribution in [2.24, 2.45) is 0 Å². The Bertz CT molecular complexity index is 804. The topological polar surface area (TPSA) is 65.5 Å². The van der Waals surface area contributed by atoms with Gasteiger partial charge in [-0.25, -0.2) is 4.98 Å². The maximum Gasteiger partial charge on any atom is 0.251 e. The van der Waals surface area contributed by atoms with Crippen LogP contribution in [0.4, 0.5) is 5.82 Å². The van der Waals surface area contributed by atoms with E-state index in [1.807, 2.05) is 17.0 Å². The van der Waals surface area contributed by atoms with Gasteiger partial charge >= 0.3 is 0 Å². The highest BCUT2D eigenvalue weighted by Crippen LogP contribution is 2.19. The third kappa shape index (κ3) is 4.32. The highest BCUT2D eigenvalue weighted by atomic mass is 35.5. The van der Waals surface area contributed by atoms with Crippen molar-refractivity contribution in [2.75, 3.05) is 31.1 Å². The predicted molar refractivity (Wildman–Crippen MR) is 101 cm³/mol. The second-order valence-electron chi connectivity index (χ2n) is 6.17. The first-order valence-corrected chi connectivity index (χ1v) is 8.90. The van der Waals surface area contributed by atoms with Crippen LogP contribution in [0.5, 0.6) is 0 Å². The van der Waals surface area contributed by atoms with Gasteiger partial charge in [-0.3, -0.25) is 9.59 Å². The first kappa shape index (κ1) is 18.2. The summed E-state index contributed by atoms with van der Waals surface area (Å²) < 4.78 is 0. The number of amides is 2. The number of nitrogens with one attached hydrogen (secondary N) is 1. The molecule has 136 valence electrons. The number of rotatable bonds is 4. The van der Waals surface area contributed by atoms with Gasteiger partial charge in [0.1, 0.15) is 5.82 Å². The molecule has 1 aliphatic rings. The molecule has 1 aromatic heterocycles. The lowest BCUT2D eigenvalue weighted by atomic mass is 10.2. The number of nitrogens with zero attached hydrogens (tertiary/aromatic N) is 3. The van der Waals surface area contributed by atoms with E-state index in [0.717, 1.165) is 24.5 Å². The average molecular weight is 373 g/mol. The van der Waals surface area contributed by atoms with Crippen LogP contribution in [-0.2, 0) is 11.3 Å². The van der Waals surface area contributed by atoms with E-state index >= 15 is 0 Å². The average Bonchev–Trinajstić information content (AvgIpc) is 2.66. The van der Waals surface area contributed by atoms with Gasteiger partial charge < -0.3 is 15.1 Å². The van der Waals surface area contributed by atoms with Gasteiger partial charge in [-0.15, -0.1) is 0 Å². The molecule has 0 atom stereocenters. The molecule has 0 radical (unpaired) electrons. The van der Waals surface area contributed by atoms with Crippen LogP contribution >= 0.6 is 11.6 Å². The molecular weight excluding hydrogens is 352 g/mol. The molecule has 0 spiro atoms. The zero-order valence-corrected chi connectivity index (χ0v) is 15.4. The molecule has 0 saturated carbocycles. The van der Waals surface area contributed by atoms with Crippen molar-refractivity contribution in [1.29, 1.82) is 0 Å². The van der Waals surface area contributed by atoms with Crippen molar-refractivity contribution < 1.29 is 9.59 Å². The summed E-state index contributed by atoms with van der Waals surface area (Å²) in [7, 11) is 0. The van der Waals surface area contributed by atoms with E-state index in [-0.39, 0.29) is 11.8 Å². The van der Waals surface area contributed by atoms with E-state index in [0.29, 0.717) is 30.2 Å². The summed E-state index contributed by atoms with van der Waals surface area (Å²) >= 11 is 5.94. The lowest BCUT2D eigenvalue weighted by molar-refractivity contribution is -0.129. The lowest BCUT2D eigenvalue weighted by Crippen LogP contribution is -2.48. The van der Waals surface area contributed by atoms with Crippen LogP contribution in [0.2, 0.25) is 5.02 Å². The van der Waals surface area contributed by atoms with Gasteiger partial charge in [0.2, 0.25) is 5.91 Å². The van der Waals surface area contributed by atoms with Gasteiger partial charge in [-0.05, 0) is 24.3 Å². The van der Waals surface area contributed by atoms with Crippen molar-refractivity contribution in [1.82, 2.24) is 15.2 Å². The van der Waals surface area contributed by atoms with E-state index in [1.54, 1.807) is 37.4 Å². The molecule has 6 nitrogen and oxygen atoms in total. The number of pyridine rings is 1. The maximum absolute atomic E-state index is 12.3. The third-order valence-electron chi connectivity index (χ3n) is 4.42. The summed E-state index contributed by atoms with van der Waals surface area (Å²) in [6.45, 7) is 4.78. The van der Waals surface area contributed by atoms with Crippen LogP contribution < -0.4 is 10.2 Å². The van der Waals surface area contributed by atoms with Gasteiger partial charge in [0.05, 0.1) is 0 Å². The Morgan fingerprint density at radius 2 is 1.92 bits per heavy atom. The molecule has 1 aromatic carbocycles. The van der Waals surface area contributed by atoms with Crippen LogP contribution in [0.1, 0.15) is 22.8 Å². The minimum atomic E-state index is -0.177. The lowest BCUT2D eigenvalue weighted by Gasteiger charge is -2.35. The number of hydrogen-bond acceptors (Lipinski definition) is 4. The molecule has 7 heteroatoms. The number of hydrogen-bond donors (Lipinski definition) is 1. The van der Waals surface area contributed by atoms with Crippen LogP contribution in [-0.4, -0.2) is 47.9 Å². The van der Waals surface area contributed by atoms with E-state index in [9.17, 15) is 9.59 Å². The van der Waals surface area contributed by atoms with Crippen molar-refractivity contribution >= 4 is 29.2 Å². The molecule has 2 aromatic rings. The summed E-state index contributed by atoms with van der Waals surface area (Å²) in [4.78, 5) is 32.3. The Balaban J connectivity index is 1.66. The predicted octanol–water partition coefficient (Wildman–Crippen LogP) is 2.33. The van der Waals surface area contributed by atoms with Crippen molar-refractivity contribution in [3.63, 3.8) is 0 Å². The summed E-state index contributed by atoms with van der Waals surface area (Å²) in [5.74, 6) is 0.769. The molecule has 26 heavy (non-hydrogen) atoms. The smallest absolute Gasteiger partial charge is 0.251 e. The standard InChI is InChI=1S/C19H21ClN4O2/c1-14(25)23-8-10-24(11-9-23)18-16(5-3-7-21-18)13-22-19(26)15-4-2-6-17(20)12-15/h2-7,12H,8-11,13H2,1H3,(H,22,26). The zero-order valence-electron chi connectivity index (χ0n) is 14.6. The van der Waals surface area contributed by atoms with Crippen molar-refractivity contribution in [3.8, 4) is 0 Å². The molecule has 1 aliphatic heterocycles. The van der Waals surface area contributed by atoms with Crippen molar-refractivity contribution in [3.05, 3.63) is 58.7 Å². The van der Waals surface area contributed by atoms with Gasteiger partial charge in [0.25, 0.3) is 5.91 Å². The number of carbonyl (C=O) groups is 2. The molecule has 2 heterocycles. The highest BCUT2D eigenvalue weighted by Gasteiger charge is 2.21. The Morgan fingerprint density at radius 3 is 2.62 bits per heavy atom. The maximum atomic E-state index is 12.3. The number of carbonyl (C=O) groups excluding carboxylic acids is 2. The molecule has 3 rings (SSSR count). The second kappa shape index (κ2) is 8.19. The normalized spacial score (nSPS) is 14.2. The van der Waals surface area contributed by atoms with E-state index in [1.165, 1.54) is 0 Å². The summed E-state index contributed by atoms with van der Waals surface area (Å²) in [5.41, 5.74) is 1.47. The number of anilines is 1. The van der Waals surface area contributed by atoms with E-state index < -0.39 is 0 Å². The molecule has 1 fully saturated rings. The van der Waals surface area contributed by atoms with E-state index in [2.05, 4.69) is 15.2 Å². The zero-order chi connectivity index (χ0) is 18.5. The fraction of sp³-hybridized carbons (Fsp3) is 0.316. The quantitative estimate of drug-likeness (QED) is 0.894. The Labute approximate surface area is 157 Å². The number of piperazine rings is 1.